The van der Waals surface area contributed by atoms with Crippen LogP contribution < -0.4 is 0 Å². The molecule has 0 saturated heterocycles. The highest BCUT2D eigenvalue weighted by Crippen LogP contribution is 2.18. The van der Waals surface area contributed by atoms with Crippen molar-refractivity contribution in [3.05, 3.63) is 74.8 Å². The third kappa shape index (κ3) is 3.28. The van der Waals surface area contributed by atoms with E-state index in [4.69, 9.17) is 0 Å². The molecule has 2 rings (SSSR count). The number of halogens is 2. The minimum Gasteiger partial charge on any atom is -0.294 e. The Balaban J connectivity index is 2.22. The van der Waals surface area contributed by atoms with Crippen LogP contribution in [-0.4, -0.2) is 10.7 Å². The average molecular weight is 291 g/mol. The van der Waals surface area contributed by atoms with Crippen molar-refractivity contribution in [1.82, 2.24) is 0 Å². The first kappa shape index (κ1) is 14.8. The van der Waals surface area contributed by atoms with E-state index in [9.17, 15) is 23.7 Å². The van der Waals surface area contributed by atoms with Gasteiger partial charge in [0.15, 0.2) is 5.78 Å². The zero-order valence-corrected chi connectivity index (χ0v) is 11.1. The van der Waals surface area contributed by atoms with E-state index >= 15 is 0 Å². The number of hydrogen-bond donors (Lipinski definition) is 0. The highest BCUT2D eigenvalue weighted by molar-refractivity contribution is 5.97. The topological polar surface area (TPSA) is 60.2 Å². The van der Waals surface area contributed by atoms with Gasteiger partial charge in [-0.3, -0.25) is 14.9 Å². The fraction of sp³-hybridized carbons (Fsp3) is 0.133. The van der Waals surface area contributed by atoms with Crippen LogP contribution in [0.2, 0.25) is 0 Å². The Bertz CT molecular complexity index is 712. The molecule has 0 aromatic heterocycles. The summed E-state index contributed by atoms with van der Waals surface area (Å²) in [5.74, 6) is -2.13. The quantitative estimate of drug-likeness (QED) is 0.491. The molecule has 0 unspecified atom stereocenters. The van der Waals surface area contributed by atoms with E-state index in [1.165, 1.54) is 37.3 Å². The lowest BCUT2D eigenvalue weighted by atomic mass is 10.0. The second-order valence-corrected chi connectivity index (χ2v) is 4.60. The summed E-state index contributed by atoms with van der Waals surface area (Å²) in [5, 5.41) is 10.5. The lowest BCUT2D eigenvalue weighted by Crippen LogP contribution is -2.07. The molecule has 6 heteroatoms. The maximum Gasteiger partial charge on any atom is 0.269 e. The molecular formula is C15H11F2NO3. The van der Waals surface area contributed by atoms with Gasteiger partial charge in [0.05, 0.1) is 10.5 Å². The number of carbonyl (C=O) groups is 1. The van der Waals surface area contributed by atoms with Crippen molar-refractivity contribution in [3.8, 4) is 0 Å². The molecule has 108 valence electrons. The van der Waals surface area contributed by atoms with Crippen molar-refractivity contribution >= 4 is 11.5 Å². The second-order valence-electron chi connectivity index (χ2n) is 4.60. The standard InChI is InChI=1S/C15H11F2NO3/c1-9-6-12(14(17)8-13(9)16)15(19)7-10-2-4-11(5-3-10)18(20)21/h2-6,8H,7H2,1H3. The zero-order valence-electron chi connectivity index (χ0n) is 11.1. The zero-order chi connectivity index (χ0) is 15.6. The van der Waals surface area contributed by atoms with Crippen LogP contribution in [0.3, 0.4) is 0 Å². The molecule has 21 heavy (non-hydrogen) atoms. The first-order valence-corrected chi connectivity index (χ1v) is 6.10. The van der Waals surface area contributed by atoms with E-state index in [0.29, 0.717) is 11.6 Å². The van der Waals surface area contributed by atoms with Crippen LogP contribution in [0.4, 0.5) is 14.5 Å². The van der Waals surface area contributed by atoms with Gasteiger partial charge in [-0.2, -0.15) is 0 Å². The molecule has 0 heterocycles. The number of non-ortho nitro benzene ring substituents is 1. The number of nitro benzene ring substituents is 1. The largest absolute Gasteiger partial charge is 0.294 e. The Morgan fingerprint density at radius 3 is 2.33 bits per heavy atom. The number of rotatable bonds is 4. The summed E-state index contributed by atoms with van der Waals surface area (Å²) >= 11 is 0. The Morgan fingerprint density at radius 1 is 1.14 bits per heavy atom. The van der Waals surface area contributed by atoms with Crippen LogP contribution in [0.15, 0.2) is 36.4 Å². The number of nitrogens with zero attached hydrogens (tertiary/aromatic N) is 1. The summed E-state index contributed by atoms with van der Waals surface area (Å²) in [7, 11) is 0. The third-order valence-electron chi connectivity index (χ3n) is 3.06. The summed E-state index contributed by atoms with van der Waals surface area (Å²) in [5.41, 5.74) is 0.428. The van der Waals surface area contributed by atoms with E-state index in [0.717, 1.165) is 0 Å². The first-order valence-electron chi connectivity index (χ1n) is 6.10. The van der Waals surface area contributed by atoms with Gasteiger partial charge in [0.1, 0.15) is 11.6 Å². The fourth-order valence-corrected chi connectivity index (χ4v) is 1.89. The third-order valence-corrected chi connectivity index (χ3v) is 3.06. The molecule has 0 aliphatic heterocycles. The predicted molar refractivity (Wildman–Crippen MR) is 72.2 cm³/mol. The molecule has 0 fully saturated rings. The van der Waals surface area contributed by atoms with E-state index in [2.05, 4.69) is 0 Å². The maximum absolute atomic E-state index is 13.6. The van der Waals surface area contributed by atoms with Crippen molar-refractivity contribution in [2.24, 2.45) is 0 Å². The summed E-state index contributed by atoms with van der Waals surface area (Å²) in [6.07, 6.45) is -0.111. The summed E-state index contributed by atoms with van der Waals surface area (Å²) in [4.78, 5) is 22.0. The van der Waals surface area contributed by atoms with Crippen molar-refractivity contribution in [3.63, 3.8) is 0 Å². The summed E-state index contributed by atoms with van der Waals surface area (Å²) < 4.78 is 26.8. The van der Waals surface area contributed by atoms with Gasteiger partial charge >= 0.3 is 0 Å². The van der Waals surface area contributed by atoms with Crippen LogP contribution in [0, 0.1) is 28.7 Å². The number of ketones is 1. The lowest BCUT2D eigenvalue weighted by molar-refractivity contribution is -0.384. The van der Waals surface area contributed by atoms with Gasteiger partial charge in [-0.25, -0.2) is 8.78 Å². The Labute approximate surface area is 119 Å². The minimum absolute atomic E-state index is 0.0880. The van der Waals surface area contributed by atoms with Crippen LogP contribution in [0.1, 0.15) is 21.5 Å². The average Bonchev–Trinajstić information content (AvgIpc) is 2.43. The van der Waals surface area contributed by atoms with Gasteiger partial charge in [0, 0.05) is 24.6 Å². The highest BCUT2D eigenvalue weighted by atomic mass is 19.1. The molecule has 2 aromatic carbocycles. The molecule has 0 amide bonds. The first-order chi connectivity index (χ1) is 9.88. The van der Waals surface area contributed by atoms with E-state index in [1.807, 2.05) is 0 Å². The van der Waals surface area contributed by atoms with Gasteiger partial charge < -0.3 is 0 Å². The Morgan fingerprint density at radius 2 is 1.76 bits per heavy atom. The van der Waals surface area contributed by atoms with Crippen molar-refractivity contribution in [2.75, 3.05) is 0 Å². The van der Waals surface area contributed by atoms with E-state index < -0.39 is 22.3 Å². The monoisotopic (exact) mass is 291 g/mol. The number of benzene rings is 2. The number of Topliss-reactive ketones (excluding diaryl/α,β-unsaturated/α-hetero) is 1. The molecule has 0 atom stereocenters. The normalized spacial score (nSPS) is 10.4. The second kappa shape index (κ2) is 5.78. The summed E-state index contributed by atoms with van der Waals surface area (Å²) in [6, 6.07) is 7.26. The molecule has 0 saturated carbocycles. The molecular weight excluding hydrogens is 280 g/mol. The molecule has 0 radical (unpaired) electrons. The van der Waals surface area contributed by atoms with Crippen LogP contribution in [0.25, 0.3) is 0 Å². The van der Waals surface area contributed by atoms with Gasteiger partial charge in [-0.1, -0.05) is 12.1 Å². The van der Waals surface area contributed by atoms with Crippen molar-refractivity contribution < 1.29 is 18.5 Å². The number of hydrogen-bond acceptors (Lipinski definition) is 3. The van der Waals surface area contributed by atoms with Crippen molar-refractivity contribution in [2.45, 2.75) is 13.3 Å². The highest BCUT2D eigenvalue weighted by Gasteiger charge is 2.15. The van der Waals surface area contributed by atoms with Gasteiger partial charge in [0.25, 0.3) is 5.69 Å². The van der Waals surface area contributed by atoms with E-state index in [-0.39, 0.29) is 23.2 Å². The molecule has 0 N–H and O–H groups in total. The minimum atomic E-state index is -0.912. The lowest BCUT2D eigenvalue weighted by Gasteiger charge is -2.05. The van der Waals surface area contributed by atoms with Crippen LogP contribution in [0.5, 0.6) is 0 Å². The van der Waals surface area contributed by atoms with Gasteiger partial charge in [0.2, 0.25) is 0 Å². The molecule has 0 spiro atoms. The number of carbonyl (C=O) groups excluding carboxylic acids is 1. The van der Waals surface area contributed by atoms with Gasteiger partial charge in [-0.05, 0) is 24.1 Å². The molecule has 4 nitrogen and oxygen atoms in total. The predicted octanol–water partition coefficient (Wildman–Crippen LogP) is 3.61. The van der Waals surface area contributed by atoms with Crippen LogP contribution in [-0.2, 0) is 6.42 Å². The SMILES string of the molecule is Cc1cc(C(=O)Cc2ccc([N+](=O)[O-])cc2)c(F)cc1F. The molecule has 0 bridgehead atoms. The smallest absolute Gasteiger partial charge is 0.269 e. The fourth-order valence-electron chi connectivity index (χ4n) is 1.89. The van der Waals surface area contributed by atoms with Crippen molar-refractivity contribution in [1.29, 1.82) is 0 Å². The number of aryl methyl sites for hydroxylation is 1. The van der Waals surface area contributed by atoms with E-state index in [1.54, 1.807) is 0 Å². The summed E-state index contributed by atoms with van der Waals surface area (Å²) in [6.45, 7) is 1.44. The Kier molecular flexibility index (Phi) is 4.07. The maximum atomic E-state index is 13.6. The Hall–Kier alpha value is -2.63. The molecule has 0 aliphatic carbocycles. The van der Waals surface area contributed by atoms with Gasteiger partial charge in [-0.15, -0.1) is 0 Å². The molecule has 0 aliphatic rings. The molecule has 2 aromatic rings. The van der Waals surface area contributed by atoms with Crippen LogP contribution >= 0.6 is 0 Å². The number of nitro groups is 1.